The van der Waals surface area contributed by atoms with Crippen molar-refractivity contribution in [3.8, 4) is 23.0 Å². The molecule has 0 aromatic heterocycles. The first-order valence-corrected chi connectivity index (χ1v) is 7.98. The Labute approximate surface area is 142 Å². The topological polar surface area (TPSA) is 54.0 Å². The van der Waals surface area contributed by atoms with Crippen molar-refractivity contribution in [2.45, 2.75) is 13.8 Å². The third-order valence-electron chi connectivity index (χ3n) is 3.15. The molecule has 0 saturated heterocycles. The molecule has 5 heteroatoms. The van der Waals surface area contributed by atoms with E-state index in [1.807, 2.05) is 38.1 Å². The minimum absolute atomic E-state index is 0.348. The fourth-order valence-electron chi connectivity index (χ4n) is 2.13. The van der Waals surface area contributed by atoms with Crippen LogP contribution >= 0.6 is 0 Å². The summed E-state index contributed by atoms with van der Waals surface area (Å²) in [5.74, 6) is 2.54. The Morgan fingerprint density at radius 2 is 1.29 bits per heavy atom. The number of hydrogen-bond acceptors (Lipinski definition) is 5. The summed E-state index contributed by atoms with van der Waals surface area (Å²) in [4.78, 5) is 10.8. The second-order valence-corrected chi connectivity index (χ2v) is 4.83. The van der Waals surface area contributed by atoms with Crippen LogP contribution in [-0.4, -0.2) is 32.7 Å². The minimum Gasteiger partial charge on any atom is -0.490 e. The summed E-state index contributed by atoms with van der Waals surface area (Å²) >= 11 is 0. The molecular formula is C19H22O5. The maximum Gasteiger partial charge on any atom is 0.161 e. The predicted octanol–water partition coefficient (Wildman–Crippen LogP) is 3.75. The number of carbonyl (C=O) groups is 1. The molecule has 0 atom stereocenters. The Kier molecular flexibility index (Phi) is 6.95. The molecule has 0 heterocycles. The van der Waals surface area contributed by atoms with Gasteiger partial charge in [-0.15, -0.1) is 0 Å². The first kappa shape index (κ1) is 17.7. The molecule has 0 saturated carbocycles. The molecule has 2 aromatic carbocycles. The van der Waals surface area contributed by atoms with E-state index in [0.717, 1.165) is 6.29 Å². The number of rotatable bonds is 10. The van der Waals surface area contributed by atoms with Crippen LogP contribution in [0.15, 0.2) is 42.5 Å². The fourth-order valence-corrected chi connectivity index (χ4v) is 2.13. The second-order valence-electron chi connectivity index (χ2n) is 4.83. The van der Waals surface area contributed by atoms with Crippen molar-refractivity contribution < 1.29 is 23.7 Å². The van der Waals surface area contributed by atoms with Crippen molar-refractivity contribution in [2.75, 3.05) is 26.4 Å². The van der Waals surface area contributed by atoms with Gasteiger partial charge in [0, 0.05) is 5.56 Å². The van der Waals surface area contributed by atoms with E-state index in [0.29, 0.717) is 55.0 Å². The third-order valence-corrected chi connectivity index (χ3v) is 3.15. The van der Waals surface area contributed by atoms with E-state index in [1.165, 1.54) is 0 Å². The molecule has 0 fully saturated rings. The highest BCUT2D eigenvalue weighted by Crippen LogP contribution is 2.29. The van der Waals surface area contributed by atoms with Gasteiger partial charge < -0.3 is 18.9 Å². The number of para-hydroxylation sites is 2. The molecule has 2 aromatic rings. The molecule has 2 rings (SSSR count). The zero-order valence-electron chi connectivity index (χ0n) is 14.0. The van der Waals surface area contributed by atoms with Crippen LogP contribution < -0.4 is 18.9 Å². The van der Waals surface area contributed by atoms with E-state index in [1.54, 1.807) is 18.2 Å². The summed E-state index contributed by atoms with van der Waals surface area (Å²) in [6.07, 6.45) is 0.778. The fraction of sp³-hybridized carbons (Fsp3) is 0.316. The monoisotopic (exact) mass is 330 g/mol. The predicted molar refractivity (Wildman–Crippen MR) is 91.6 cm³/mol. The molecule has 0 radical (unpaired) electrons. The van der Waals surface area contributed by atoms with Gasteiger partial charge >= 0.3 is 0 Å². The molecule has 128 valence electrons. The Bertz CT molecular complexity index is 654. The first-order chi connectivity index (χ1) is 11.8. The number of hydrogen-bond donors (Lipinski definition) is 0. The van der Waals surface area contributed by atoms with Crippen molar-refractivity contribution in [3.63, 3.8) is 0 Å². The highest BCUT2D eigenvalue weighted by molar-refractivity contribution is 5.76. The molecule has 0 aliphatic heterocycles. The quantitative estimate of drug-likeness (QED) is 0.490. The summed E-state index contributed by atoms with van der Waals surface area (Å²) in [6, 6.07) is 12.6. The first-order valence-electron chi connectivity index (χ1n) is 7.98. The van der Waals surface area contributed by atoms with E-state index in [-0.39, 0.29) is 0 Å². The largest absolute Gasteiger partial charge is 0.490 e. The molecule has 5 nitrogen and oxygen atoms in total. The molecule has 0 amide bonds. The zero-order chi connectivity index (χ0) is 17.2. The van der Waals surface area contributed by atoms with E-state index >= 15 is 0 Å². The molecule has 0 bridgehead atoms. The maximum atomic E-state index is 10.8. The maximum absolute atomic E-state index is 10.8. The molecule has 0 aliphatic rings. The van der Waals surface area contributed by atoms with Gasteiger partial charge in [0.2, 0.25) is 0 Å². The van der Waals surface area contributed by atoms with Crippen molar-refractivity contribution in [2.24, 2.45) is 0 Å². The van der Waals surface area contributed by atoms with Crippen LogP contribution in [0.5, 0.6) is 23.0 Å². The van der Waals surface area contributed by atoms with Crippen LogP contribution in [0.1, 0.15) is 24.2 Å². The van der Waals surface area contributed by atoms with Gasteiger partial charge in [-0.05, 0) is 44.2 Å². The molecule has 0 aliphatic carbocycles. The number of ether oxygens (including phenoxy) is 4. The molecular weight excluding hydrogens is 308 g/mol. The smallest absolute Gasteiger partial charge is 0.161 e. The standard InChI is InChI=1S/C19H22O5/c1-3-21-16-7-5-6-8-17(16)23-11-12-24-18-10-9-15(14-20)13-19(18)22-4-2/h5-10,13-14H,3-4,11-12H2,1-2H3. The summed E-state index contributed by atoms with van der Waals surface area (Å²) in [5, 5.41) is 0. The Morgan fingerprint density at radius 3 is 1.88 bits per heavy atom. The molecule has 0 N–H and O–H groups in total. The van der Waals surface area contributed by atoms with Gasteiger partial charge in [0.25, 0.3) is 0 Å². The van der Waals surface area contributed by atoms with Crippen LogP contribution in [0.4, 0.5) is 0 Å². The lowest BCUT2D eigenvalue weighted by Gasteiger charge is -2.14. The van der Waals surface area contributed by atoms with Crippen LogP contribution in [0, 0.1) is 0 Å². The average Bonchev–Trinajstić information content (AvgIpc) is 2.61. The van der Waals surface area contributed by atoms with Crippen molar-refractivity contribution in [1.82, 2.24) is 0 Å². The van der Waals surface area contributed by atoms with E-state index in [9.17, 15) is 4.79 Å². The Morgan fingerprint density at radius 1 is 0.750 bits per heavy atom. The van der Waals surface area contributed by atoms with Crippen LogP contribution in [0.3, 0.4) is 0 Å². The summed E-state index contributed by atoms with van der Waals surface area (Å²) < 4.78 is 22.4. The van der Waals surface area contributed by atoms with Crippen molar-refractivity contribution in [1.29, 1.82) is 0 Å². The van der Waals surface area contributed by atoms with Gasteiger partial charge in [0.1, 0.15) is 19.5 Å². The summed E-state index contributed by atoms with van der Waals surface area (Å²) in [7, 11) is 0. The Balaban J connectivity index is 1.91. The Hall–Kier alpha value is -2.69. The summed E-state index contributed by atoms with van der Waals surface area (Å²) in [5.41, 5.74) is 0.549. The number of benzene rings is 2. The highest BCUT2D eigenvalue weighted by atomic mass is 16.6. The van der Waals surface area contributed by atoms with Gasteiger partial charge in [0.15, 0.2) is 23.0 Å². The minimum atomic E-state index is 0.348. The second kappa shape index (κ2) is 9.45. The zero-order valence-corrected chi connectivity index (χ0v) is 14.0. The van der Waals surface area contributed by atoms with Crippen molar-refractivity contribution in [3.05, 3.63) is 48.0 Å². The number of carbonyl (C=O) groups excluding carboxylic acids is 1. The van der Waals surface area contributed by atoms with E-state index in [2.05, 4.69) is 0 Å². The van der Waals surface area contributed by atoms with Gasteiger partial charge in [-0.2, -0.15) is 0 Å². The molecule has 24 heavy (non-hydrogen) atoms. The lowest BCUT2D eigenvalue weighted by Crippen LogP contribution is -2.10. The summed E-state index contributed by atoms with van der Waals surface area (Å²) in [6.45, 7) is 5.60. The normalized spacial score (nSPS) is 10.1. The van der Waals surface area contributed by atoms with Crippen LogP contribution in [0.2, 0.25) is 0 Å². The van der Waals surface area contributed by atoms with Crippen molar-refractivity contribution >= 4 is 6.29 Å². The van der Waals surface area contributed by atoms with E-state index < -0.39 is 0 Å². The van der Waals surface area contributed by atoms with Gasteiger partial charge in [0.05, 0.1) is 13.2 Å². The van der Waals surface area contributed by atoms with E-state index in [4.69, 9.17) is 18.9 Å². The van der Waals surface area contributed by atoms with Crippen LogP contribution in [0.25, 0.3) is 0 Å². The number of aldehydes is 1. The van der Waals surface area contributed by atoms with Gasteiger partial charge in [-0.25, -0.2) is 0 Å². The van der Waals surface area contributed by atoms with Gasteiger partial charge in [-0.3, -0.25) is 4.79 Å². The van der Waals surface area contributed by atoms with Crippen LogP contribution in [-0.2, 0) is 0 Å². The third kappa shape index (κ3) is 4.91. The molecule has 0 spiro atoms. The highest BCUT2D eigenvalue weighted by Gasteiger charge is 2.07. The average molecular weight is 330 g/mol. The lowest BCUT2D eigenvalue weighted by atomic mass is 10.2. The lowest BCUT2D eigenvalue weighted by molar-refractivity contribution is 0.112. The molecule has 0 unspecified atom stereocenters. The van der Waals surface area contributed by atoms with Gasteiger partial charge in [-0.1, -0.05) is 12.1 Å². The SMILES string of the molecule is CCOc1ccccc1OCCOc1ccc(C=O)cc1OCC.